The first kappa shape index (κ1) is 14.7. The molecule has 0 amide bonds. The number of carbonyl (C=O) groups excluding carboxylic acids is 2. The molecule has 0 spiro atoms. The minimum atomic E-state index is -0.713. The highest BCUT2D eigenvalue weighted by atomic mass is 35.5. The molecule has 0 saturated carbocycles. The first-order chi connectivity index (χ1) is 8.45. The highest BCUT2D eigenvalue weighted by Gasteiger charge is 2.18. The van der Waals surface area contributed by atoms with Crippen molar-refractivity contribution in [3.05, 3.63) is 34.9 Å². The Morgan fingerprint density at radius 1 is 1.39 bits per heavy atom. The van der Waals surface area contributed by atoms with Crippen LogP contribution in [-0.4, -0.2) is 18.4 Å². The zero-order valence-electron chi connectivity index (χ0n) is 10.8. The van der Waals surface area contributed by atoms with Gasteiger partial charge in [0.2, 0.25) is 0 Å². The average molecular weight is 269 g/mol. The molecule has 0 aliphatic rings. The summed E-state index contributed by atoms with van der Waals surface area (Å²) in [6, 6.07) is 5.54. The molecule has 0 heterocycles. The van der Waals surface area contributed by atoms with E-state index in [1.165, 1.54) is 6.92 Å². The predicted octanol–water partition coefficient (Wildman–Crippen LogP) is 2.97. The van der Waals surface area contributed by atoms with Gasteiger partial charge in [0.05, 0.1) is 13.0 Å². The Kier molecular flexibility index (Phi) is 5.35. The number of ether oxygens (including phenoxy) is 1. The van der Waals surface area contributed by atoms with Crippen LogP contribution in [0.4, 0.5) is 0 Å². The molecule has 1 atom stereocenters. The topological polar surface area (TPSA) is 43.4 Å². The summed E-state index contributed by atoms with van der Waals surface area (Å²) in [6.07, 6.45) is 0.140. The third-order valence-corrected chi connectivity index (χ3v) is 3.11. The molecule has 4 heteroatoms. The summed E-state index contributed by atoms with van der Waals surface area (Å²) in [5, 5.41) is -0.713. The van der Waals surface area contributed by atoms with Crippen LogP contribution in [0.2, 0.25) is 0 Å². The average Bonchev–Trinajstić information content (AvgIpc) is 2.28. The number of ketones is 1. The van der Waals surface area contributed by atoms with Crippen molar-refractivity contribution in [2.45, 2.75) is 32.6 Å². The van der Waals surface area contributed by atoms with Gasteiger partial charge in [0.15, 0.2) is 5.78 Å². The van der Waals surface area contributed by atoms with Crippen molar-refractivity contribution in [3.8, 4) is 0 Å². The Labute approximate surface area is 112 Å². The maximum absolute atomic E-state index is 11.5. The Morgan fingerprint density at radius 2 is 2.06 bits per heavy atom. The van der Waals surface area contributed by atoms with Gasteiger partial charge < -0.3 is 4.74 Å². The van der Waals surface area contributed by atoms with Gasteiger partial charge in [-0.1, -0.05) is 23.8 Å². The number of esters is 1. The lowest BCUT2D eigenvalue weighted by molar-refractivity contribution is -0.142. The van der Waals surface area contributed by atoms with Gasteiger partial charge in [0.25, 0.3) is 0 Å². The van der Waals surface area contributed by atoms with Gasteiger partial charge in [-0.3, -0.25) is 9.59 Å². The van der Waals surface area contributed by atoms with E-state index in [9.17, 15) is 9.59 Å². The molecule has 98 valence electrons. The molecule has 0 saturated heterocycles. The first-order valence-corrected chi connectivity index (χ1v) is 6.29. The zero-order valence-corrected chi connectivity index (χ0v) is 11.6. The van der Waals surface area contributed by atoms with Crippen LogP contribution in [0.25, 0.3) is 0 Å². The SMILES string of the molecule is CCOC(=O)Cc1cc(C)ccc1C(Cl)C(C)=O. The number of alkyl halides is 1. The van der Waals surface area contributed by atoms with E-state index in [1.807, 2.05) is 19.1 Å². The Balaban J connectivity index is 3.04. The molecule has 0 aliphatic heterocycles. The van der Waals surface area contributed by atoms with Crippen molar-refractivity contribution in [2.24, 2.45) is 0 Å². The summed E-state index contributed by atoms with van der Waals surface area (Å²) in [6.45, 7) is 5.47. The molecule has 1 rings (SSSR count). The zero-order chi connectivity index (χ0) is 13.7. The van der Waals surface area contributed by atoms with Gasteiger partial charge in [0, 0.05) is 0 Å². The first-order valence-electron chi connectivity index (χ1n) is 5.85. The smallest absolute Gasteiger partial charge is 0.310 e. The number of Topliss-reactive ketones (excluding diaryl/α,β-unsaturated/α-hetero) is 1. The van der Waals surface area contributed by atoms with Crippen LogP contribution in [0.5, 0.6) is 0 Å². The molecule has 0 aliphatic carbocycles. The van der Waals surface area contributed by atoms with Crippen LogP contribution in [0, 0.1) is 6.92 Å². The molecule has 18 heavy (non-hydrogen) atoms. The number of hydrogen-bond acceptors (Lipinski definition) is 3. The molecular weight excluding hydrogens is 252 g/mol. The Hall–Kier alpha value is -1.35. The number of halogens is 1. The fraction of sp³-hybridized carbons (Fsp3) is 0.429. The maximum Gasteiger partial charge on any atom is 0.310 e. The van der Waals surface area contributed by atoms with Crippen molar-refractivity contribution in [1.82, 2.24) is 0 Å². The molecule has 0 N–H and O–H groups in total. The second kappa shape index (κ2) is 6.55. The molecule has 0 bridgehead atoms. The van der Waals surface area contributed by atoms with Crippen LogP contribution >= 0.6 is 11.6 Å². The van der Waals surface area contributed by atoms with Crippen molar-refractivity contribution < 1.29 is 14.3 Å². The summed E-state index contributed by atoms with van der Waals surface area (Å²) in [7, 11) is 0. The van der Waals surface area contributed by atoms with Crippen LogP contribution in [0.3, 0.4) is 0 Å². The molecule has 0 radical (unpaired) electrons. The van der Waals surface area contributed by atoms with Gasteiger partial charge in [0.1, 0.15) is 5.38 Å². The van der Waals surface area contributed by atoms with Gasteiger partial charge >= 0.3 is 5.97 Å². The van der Waals surface area contributed by atoms with E-state index >= 15 is 0 Å². The van der Waals surface area contributed by atoms with E-state index in [1.54, 1.807) is 13.0 Å². The standard InChI is InChI=1S/C14H17ClO3/c1-4-18-13(17)8-11-7-9(2)5-6-12(11)14(15)10(3)16/h5-7,14H,4,8H2,1-3H3. The van der Waals surface area contributed by atoms with E-state index in [2.05, 4.69) is 0 Å². The van der Waals surface area contributed by atoms with Crippen LogP contribution in [0.15, 0.2) is 18.2 Å². The van der Waals surface area contributed by atoms with Crippen molar-refractivity contribution >= 4 is 23.4 Å². The summed E-state index contributed by atoms with van der Waals surface area (Å²) in [5.41, 5.74) is 2.46. The Morgan fingerprint density at radius 3 is 2.61 bits per heavy atom. The van der Waals surface area contributed by atoms with E-state index in [0.29, 0.717) is 12.2 Å². The minimum Gasteiger partial charge on any atom is -0.466 e. The monoisotopic (exact) mass is 268 g/mol. The minimum absolute atomic E-state index is 0.134. The van der Waals surface area contributed by atoms with Gasteiger partial charge in [-0.15, -0.1) is 11.6 Å². The maximum atomic E-state index is 11.5. The summed E-state index contributed by atoms with van der Waals surface area (Å²) >= 11 is 6.06. The third-order valence-electron chi connectivity index (χ3n) is 2.57. The van der Waals surface area contributed by atoms with Gasteiger partial charge in [-0.25, -0.2) is 0 Å². The predicted molar refractivity (Wildman–Crippen MR) is 70.8 cm³/mol. The molecule has 3 nitrogen and oxygen atoms in total. The second-order valence-corrected chi connectivity index (χ2v) is 4.59. The molecule has 1 aromatic rings. The van der Waals surface area contributed by atoms with Crippen LogP contribution in [-0.2, 0) is 20.7 Å². The van der Waals surface area contributed by atoms with E-state index < -0.39 is 5.38 Å². The molecule has 0 aromatic heterocycles. The molecule has 1 unspecified atom stereocenters. The highest BCUT2D eigenvalue weighted by Crippen LogP contribution is 2.26. The lowest BCUT2D eigenvalue weighted by Gasteiger charge is -2.13. The second-order valence-electron chi connectivity index (χ2n) is 4.16. The summed E-state index contributed by atoms with van der Waals surface area (Å²) < 4.78 is 4.91. The van der Waals surface area contributed by atoms with Crippen LogP contribution < -0.4 is 0 Å². The fourth-order valence-electron chi connectivity index (χ4n) is 1.72. The molecule has 0 fully saturated rings. The normalized spacial score (nSPS) is 12.0. The van der Waals surface area contributed by atoms with E-state index in [-0.39, 0.29) is 18.2 Å². The number of rotatable bonds is 5. The van der Waals surface area contributed by atoms with E-state index in [0.717, 1.165) is 11.1 Å². The lowest BCUT2D eigenvalue weighted by atomic mass is 9.98. The lowest BCUT2D eigenvalue weighted by Crippen LogP contribution is -2.12. The highest BCUT2D eigenvalue weighted by molar-refractivity contribution is 6.30. The van der Waals surface area contributed by atoms with Crippen LogP contribution in [0.1, 0.15) is 35.9 Å². The van der Waals surface area contributed by atoms with Crippen molar-refractivity contribution in [2.75, 3.05) is 6.61 Å². The van der Waals surface area contributed by atoms with Gasteiger partial charge in [-0.05, 0) is 31.9 Å². The molecule has 1 aromatic carbocycles. The third kappa shape index (κ3) is 3.84. The van der Waals surface area contributed by atoms with E-state index in [4.69, 9.17) is 16.3 Å². The number of benzene rings is 1. The summed E-state index contributed by atoms with van der Waals surface area (Å²) in [5.74, 6) is -0.442. The van der Waals surface area contributed by atoms with Crippen molar-refractivity contribution in [3.63, 3.8) is 0 Å². The van der Waals surface area contributed by atoms with Gasteiger partial charge in [-0.2, -0.15) is 0 Å². The quantitative estimate of drug-likeness (QED) is 0.609. The molecular formula is C14H17ClO3. The number of carbonyl (C=O) groups is 2. The van der Waals surface area contributed by atoms with Crippen molar-refractivity contribution in [1.29, 1.82) is 0 Å². The largest absolute Gasteiger partial charge is 0.466 e. The number of aryl methyl sites for hydroxylation is 1. The fourth-order valence-corrected chi connectivity index (χ4v) is 1.93. The Bertz CT molecular complexity index is 454. The number of hydrogen-bond donors (Lipinski definition) is 0. The summed E-state index contributed by atoms with van der Waals surface area (Å²) in [4.78, 5) is 22.9.